The number of carbonyl (C=O) groups is 1. The summed E-state index contributed by atoms with van der Waals surface area (Å²) in [6.45, 7) is 5.58. The van der Waals surface area contributed by atoms with Crippen LogP contribution >= 0.6 is 11.5 Å². The average molecular weight is 378 g/mol. The van der Waals surface area contributed by atoms with Crippen LogP contribution < -0.4 is 10.6 Å². The fourth-order valence-corrected chi connectivity index (χ4v) is 5.90. The van der Waals surface area contributed by atoms with Gasteiger partial charge >= 0.3 is 0 Å². The molecule has 0 radical (unpaired) electrons. The van der Waals surface area contributed by atoms with Gasteiger partial charge < -0.3 is 15.5 Å². The molecular formula is C19H31N5OS. The van der Waals surface area contributed by atoms with Gasteiger partial charge in [-0.25, -0.2) is 4.98 Å². The number of carbonyl (C=O) groups excluding carboxylic acids is 1. The van der Waals surface area contributed by atoms with E-state index >= 15 is 0 Å². The normalized spacial score (nSPS) is 32.4. The number of anilines is 1. The summed E-state index contributed by atoms with van der Waals surface area (Å²) < 4.78 is 4.40. The number of amides is 1. The van der Waals surface area contributed by atoms with E-state index in [1.807, 2.05) is 0 Å². The molecule has 0 spiro atoms. The van der Waals surface area contributed by atoms with Gasteiger partial charge in [-0.05, 0) is 43.9 Å². The summed E-state index contributed by atoms with van der Waals surface area (Å²) >= 11 is 1.49. The van der Waals surface area contributed by atoms with Gasteiger partial charge in [-0.2, -0.15) is 4.37 Å². The molecule has 4 rings (SSSR count). The van der Waals surface area contributed by atoms with Crippen molar-refractivity contribution < 1.29 is 4.79 Å². The number of fused-ring (bicyclic) bond motifs is 2. The molecule has 2 N–H and O–H groups in total. The Morgan fingerprint density at radius 2 is 1.92 bits per heavy atom. The summed E-state index contributed by atoms with van der Waals surface area (Å²) in [7, 11) is 0. The summed E-state index contributed by atoms with van der Waals surface area (Å²) in [6.07, 6.45) is 7.62. The monoisotopic (exact) mass is 377 g/mol. The average Bonchev–Trinajstić information content (AvgIpc) is 2.98. The first-order chi connectivity index (χ1) is 12.7. The molecule has 2 bridgehead atoms. The fraction of sp³-hybridized carbons (Fsp3) is 0.842. The van der Waals surface area contributed by atoms with Crippen LogP contribution in [-0.2, 0) is 11.2 Å². The summed E-state index contributed by atoms with van der Waals surface area (Å²) in [5, 5.41) is 1.01. The molecule has 6 nitrogen and oxygen atoms in total. The second-order valence-electron chi connectivity index (χ2n) is 8.21. The second-order valence-corrected chi connectivity index (χ2v) is 8.94. The first-order valence-electron chi connectivity index (χ1n) is 10.3. The van der Waals surface area contributed by atoms with Crippen LogP contribution in [0.2, 0.25) is 0 Å². The predicted molar refractivity (Wildman–Crippen MR) is 104 cm³/mol. The highest BCUT2D eigenvalue weighted by Gasteiger charge is 2.41. The lowest BCUT2D eigenvalue weighted by Gasteiger charge is -2.44. The first-order valence-corrected chi connectivity index (χ1v) is 11.0. The minimum absolute atomic E-state index is 0.199. The topological polar surface area (TPSA) is 75.4 Å². The van der Waals surface area contributed by atoms with Gasteiger partial charge in [-0.3, -0.25) is 4.79 Å². The molecule has 1 aromatic heterocycles. The maximum absolute atomic E-state index is 13.2. The third-order valence-corrected chi connectivity index (χ3v) is 7.43. The van der Waals surface area contributed by atoms with Crippen molar-refractivity contribution in [1.82, 2.24) is 14.3 Å². The van der Waals surface area contributed by atoms with Crippen molar-refractivity contribution in [3.05, 3.63) is 5.82 Å². The number of nitrogens with two attached hydrogens (primary N) is 1. The molecule has 2 aliphatic carbocycles. The van der Waals surface area contributed by atoms with Gasteiger partial charge in [-0.15, -0.1) is 0 Å². The van der Waals surface area contributed by atoms with Crippen molar-refractivity contribution in [1.29, 1.82) is 0 Å². The van der Waals surface area contributed by atoms with Gasteiger partial charge in [0.1, 0.15) is 5.82 Å². The van der Waals surface area contributed by atoms with Crippen LogP contribution in [0.3, 0.4) is 0 Å². The Morgan fingerprint density at radius 1 is 1.15 bits per heavy atom. The molecule has 0 aromatic carbocycles. The Kier molecular flexibility index (Phi) is 5.45. The van der Waals surface area contributed by atoms with Gasteiger partial charge in [0.05, 0.1) is 0 Å². The van der Waals surface area contributed by atoms with Gasteiger partial charge in [0.25, 0.3) is 0 Å². The van der Waals surface area contributed by atoms with Crippen molar-refractivity contribution in [2.45, 2.75) is 57.9 Å². The van der Waals surface area contributed by atoms with Crippen LogP contribution in [0, 0.1) is 17.8 Å². The van der Waals surface area contributed by atoms with Crippen LogP contribution in [0.25, 0.3) is 0 Å². The molecule has 1 saturated heterocycles. The molecule has 2 atom stereocenters. The molecule has 7 heteroatoms. The van der Waals surface area contributed by atoms with Crippen molar-refractivity contribution in [3.8, 4) is 0 Å². The van der Waals surface area contributed by atoms with Crippen molar-refractivity contribution in [3.63, 3.8) is 0 Å². The summed E-state index contributed by atoms with van der Waals surface area (Å²) in [6, 6.07) is 0.331. The highest BCUT2D eigenvalue weighted by Crippen LogP contribution is 2.42. The summed E-state index contributed by atoms with van der Waals surface area (Å²) in [4.78, 5) is 22.2. The highest BCUT2D eigenvalue weighted by molar-refractivity contribution is 7.09. The lowest BCUT2D eigenvalue weighted by molar-refractivity contribution is -0.138. The van der Waals surface area contributed by atoms with E-state index in [0.29, 0.717) is 23.8 Å². The molecule has 2 heterocycles. The molecule has 2 unspecified atom stereocenters. The molecule has 1 aromatic rings. The molecule has 3 aliphatic rings. The molecule has 26 heavy (non-hydrogen) atoms. The lowest BCUT2D eigenvalue weighted by atomic mass is 9.65. The minimum atomic E-state index is 0.199. The quantitative estimate of drug-likeness (QED) is 0.875. The molecular weight excluding hydrogens is 346 g/mol. The zero-order valence-electron chi connectivity index (χ0n) is 15.8. The van der Waals surface area contributed by atoms with E-state index in [0.717, 1.165) is 62.8 Å². The van der Waals surface area contributed by atoms with Crippen LogP contribution in [-0.4, -0.2) is 52.4 Å². The molecule has 1 aliphatic heterocycles. The van der Waals surface area contributed by atoms with Crippen molar-refractivity contribution in [2.24, 2.45) is 23.5 Å². The molecule has 1 amide bonds. The van der Waals surface area contributed by atoms with Gasteiger partial charge in [0.2, 0.25) is 11.0 Å². The largest absolute Gasteiger partial charge is 0.345 e. The third-order valence-electron chi connectivity index (χ3n) is 6.61. The van der Waals surface area contributed by atoms with E-state index in [-0.39, 0.29) is 5.92 Å². The Morgan fingerprint density at radius 3 is 2.62 bits per heavy atom. The SMILES string of the molecule is CCc1nsc(N2CCCN(C(=O)C3CC4CCCC(C3)C4N)CC2)n1. The Balaban J connectivity index is 1.37. The molecule has 144 valence electrons. The van der Waals surface area contributed by atoms with Crippen molar-refractivity contribution >= 4 is 22.6 Å². The standard InChI is InChI=1S/C19H31N5OS/c1-2-16-21-19(26-22-16)24-8-4-7-23(9-10-24)18(25)15-11-13-5-3-6-14(12-15)17(13)20/h13-15,17H,2-12,20H2,1H3. The number of aromatic nitrogens is 2. The maximum Gasteiger partial charge on any atom is 0.225 e. The highest BCUT2D eigenvalue weighted by atomic mass is 32.1. The Bertz CT molecular complexity index is 621. The Labute approximate surface area is 160 Å². The van der Waals surface area contributed by atoms with E-state index in [9.17, 15) is 4.79 Å². The van der Waals surface area contributed by atoms with E-state index in [2.05, 4.69) is 26.1 Å². The molecule has 3 fully saturated rings. The second kappa shape index (κ2) is 7.80. The number of hydrogen-bond donors (Lipinski definition) is 1. The molecule has 2 saturated carbocycles. The first kappa shape index (κ1) is 18.2. The zero-order chi connectivity index (χ0) is 18.1. The van der Waals surface area contributed by atoms with Crippen LogP contribution in [0.1, 0.15) is 51.3 Å². The van der Waals surface area contributed by atoms with Crippen molar-refractivity contribution in [2.75, 3.05) is 31.1 Å². The van der Waals surface area contributed by atoms with E-state index < -0.39 is 0 Å². The zero-order valence-corrected chi connectivity index (χ0v) is 16.6. The van der Waals surface area contributed by atoms with E-state index in [1.165, 1.54) is 30.8 Å². The number of hydrogen-bond acceptors (Lipinski definition) is 6. The number of rotatable bonds is 3. The summed E-state index contributed by atoms with van der Waals surface area (Å²) in [5.74, 6) is 2.63. The lowest BCUT2D eigenvalue weighted by Crippen LogP contribution is -2.50. The smallest absolute Gasteiger partial charge is 0.225 e. The van der Waals surface area contributed by atoms with Crippen LogP contribution in [0.15, 0.2) is 0 Å². The maximum atomic E-state index is 13.2. The van der Waals surface area contributed by atoms with E-state index in [4.69, 9.17) is 5.73 Å². The van der Waals surface area contributed by atoms with Crippen LogP contribution in [0.4, 0.5) is 5.13 Å². The minimum Gasteiger partial charge on any atom is -0.345 e. The summed E-state index contributed by atoms with van der Waals surface area (Å²) in [5.41, 5.74) is 6.40. The fourth-order valence-electron chi connectivity index (χ4n) is 5.09. The third kappa shape index (κ3) is 3.60. The van der Waals surface area contributed by atoms with Gasteiger partial charge in [-0.1, -0.05) is 13.3 Å². The van der Waals surface area contributed by atoms with Gasteiger partial charge in [0, 0.05) is 56.1 Å². The number of aryl methyl sites for hydroxylation is 1. The van der Waals surface area contributed by atoms with E-state index in [1.54, 1.807) is 0 Å². The predicted octanol–water partition coefficient (Wildman–Crippen LogP) is 2.29. The van der Waals surface area contributed by atoms with Gasteiger partial charge in [0.15, 0.2) is 0 Å². The van der Waals surface area contributed by atoms with Crippen LogP contribution in [0.5, 0.6) is 0 Å². The Hall–Kier alpha value is -1.21. The number of nitrogens with zero attached hydrogens (tertiary/aromatic N) is 4.